The fourth-order valence-electron chi connectivity index (χ4n) is 3.73. The van der Waals surface area contributed by atoms with E-state index in [0.29, 0.717) is 6.17 Å². The summed E-state index contributed by atoms with van der Waals surface area (Å²) in [5.41, 5.74) is 2.70. The molecule has 2 aliphatic rings. The first-order valence-corrected chi connectivity index (χ1v) is 6.85. The van der Waals surface area contributed by atoms with E-state index in [1.165, 1.54) is 11.3 Å². The van der Waals surface area contributed by atoms with Crippen molar-refractivity contribution in [2.45, 2.75) is 32.4 Å². The standard InChI is InChI=1S/C17H22N2/c1-6-17(4)13-9-7-8-10-14(13)19-12-11-18(5)15(19)16(17,2)3/h6-12,15H,1H2,2-5H3/t15-,17?/m1/s1. The largest absolute Gasteiger partial charge is 0.358 e. The van der Waals surface area contributed by atoms with Crippen LogP contribution in [-0.2, 0) is 5.41 Å². The van der Waals surface area contributed by atoms with Crippen molar-refractivity contribution < 1.29 is 0 Å². The molecule has 0 saturated heterocycles. The van der Waals surface area contributed by atoms with Crippen molar-refractivity contribution in [3.8, 4) is 0 Å². The zero-order chi connectivity index (χ0) is 13.8. The van der Waals surface area contributed by atoms with Crippen LogP contribution in [-0.4, -0.2) is 18.1 Å². The molecule has 0 amide bonds. The van der Waals surface area contributed by atoms with Gasteiger partial charge >= 0.3 is 0 Å². The first-order valence-electron chi connectivity index (χ1n) is 6.85. The molecule has 0 spiro atoms. The Bertz CT molecular complexity index is 558. The number of anilines is 1. The Hall–Kier alpha value is -1.70. The maximum atomic E-state index is 4.13. The summed E-state index contributed by atoms with van der Waals surface area (Å²) in [5.74, 6) is 0. The fourth-order valence-corrected chi connectivity index (χ4v) is 3.73. The number of rotatable bonds is 1. The minimum absolute atomic E-state index is 0.0367. The molecule has 1 aromatic rings. The topological polar surface area (TPSA) is 6.48 Å². The van der Waals surface area contributed by atoms with Gasteiger partial charge in [0, 0.05) is 36.0 Å². The van der Waals surface area contributed by atoms with Crippen LogP contribution in [0.2, 0.25) is 0 Å². The van der Waals surface area contributed by atoms with Crippen LogP contribution in [0.4, 0.5) is 5.69 Å². The molecule has 1 aromatic carbocycles. The Morgan fingerprint density at radius 3 is 2.53 bits per heavy atom. The summed E-state index contributed by atoms with van der Waals surface area (Å²) in [4.78, 5) is 4.69. The van der Waals surface area contributed by atoms with Gasteiger partial charge in [0.05, 0.1) is 0 Å². The molecule has 0 aliphatic carbocycles. The normalized spacial score (nSPS) is 31.1. The van der Waals surface area contributed by atoms with Gasteiger partial charge in [0.25, 0.3) is 0 Å². The van der Waals surface area contributed by atoms with Crippen molar-refractivity contribution in [3.63, 3.8) is 0 Å². The van der Waals surface area contributed by atoms with Crippen molar-refractivity contribution in [3.05, 3.63) is 54.9 Å². The van der Waals surface area contributed by atoms with Crippen LogP contribution in [0.3, 0.4) is 0 Å². The lowest BCUT2D eigenvalue weighted by atomic mass is 9.58. The molecule has 0 bridgehead atoms. The molecule has 0 saturated carbocycles. The summed E-state index contributed by atoms with van der Waals surface area (Å²) in [6.07, 6.45) is 6.81. The van der Waals surface area contributed by atoms with Crippen LogP contribution in [0.5, 0.6) is 0 Å². The smallest absolute Gasteiger partial charge is 0.111 e. The summed E-state index contributed by atoms with van der Waals surface area (Å²) in [6.45, 7) is 11.1. The summed E-state index contributed by atoms with van der Waals surface area (Å²) in [5, 5.41) is 0. The molecular formula is C17H22N2. The highest BCUT2D eigenvalue weighted by atomic mass is 15.4. The van der Waals surface area contributed by atoms with E-state index in [1.807, 2.05) is 0 Å². The third-order valence-electron chi connectivity index (χ3n) is 5.25. The molecule has 0 radical (unpaired) electrons. The highest BCUT2D eigenvalue weighted by molar-refractivity contribution is 5.65. The Labute approximate surface area is 116 Å². The summed E-state index contributed by atoms with van der Waals surface area (Å²) < 4.78 is 0. The van der Waals surface area contributed by atoms with E-state index in [1.54, 1.807) is 0 Å². The van der Waals surface area contributed by atoms with Crippen molar-refractivity contribution in [2.75, 3.05) is 11.9 Å². The molecule has 1 unspecified atom stereocenters. The Kier molecular flexibility index (Phi) is 2.38. The Morgan fingerprint density at radius 1 is 1.16 bits per heavy atom. The minimum Gasteiger partial charge on any atom is -0.358 e. The molecule has 2 nitrogen and oxygen atoms in total. The lowest BCUT2D eigenvalue weighted by Crippen LogP contribution is -2.59. The Morgan fingerprint density at radius 2 is 1.84 bits per heavy atom. The molecule has 2 aliphatic heterocycles. The van der Waals surface area contributed by atoms with Crippen LogP contribution < -0.4 is 4.90 Å². The molecule has 0 aromatic heterocycles. The van der Waals surface area contributed by atoms with Gasteiger partial charge in [0.2, 0.25) is 0 Å². The summed E-state index contributed by atoms with van der Waals surface area (Å²) >= 11 is 0. The average molecular weight is 254 g/mol. The third kappa shape index (κ3) is 1.32. The molecule has 2 atom stereocenters. The number of fused-ring (bicyclic) bond motifs is 3. The van der Waals surface area contributed by atoms with Crippen molar-refractivity contribution >= 4 is 5.69 Å². The van der Waals surface area contributed by atoms with E-state index >= 15 is 0 Å². The molecule has 19 heavy (non-hydrogen) atoms. The van der Waals surface area contributed by atoms with Crippen molar-refractivity contribution in [1.82, 2.24) is 4.90 Å². The second kappa shape index (κ2) is 3.66. The first kappa shape index (κ1) is 12.3. The van der Waals surface area contributed by atoms with Gasteiger partial charge in [0.1, 0.15) is 6.17 Å². The monoisotopic (exact) mass is 254 g/mol. The first-order chi connectivity index (χ1) is 8.93. The van der Waals surface area contributed by atoms with Gasteiger partial charge in [-0.3, -0.25) is 0 Å². The zero-order valence-electron chi connectivity index (χ0n) is 12.2. The van der Waals surface area contributed by atoms with Gasteiger partial charge in [0.15, 0.2) is 0 Å². The summed E-state index contributed by atoms with van der Waals surface area (Å²) in [6, 6.07) is 8.69. The number of nitrogens with zero attached hydrogens (tertiary/aromatic N) is 2. The van der Waals surface area contributed by atoms with Crippen LogP contribution in [0.25, 0.3) is 0 Å². The third-order valence-corrected chi connectivity index (χ3v) is 5.25. The van der Waals surface area contributed by atoms with E-state index in [2.05, 4.69) is 86.9 Å². The van der Waals surface area contributed by atoms with Gasteiger partial charge < -0.3 is 9.80 Å². The number of hydrogen-bond donors (Lipinski definition) is 0. The van der Waals surface area contributed by atoms with Crippen molar-refractivity contribution in [1.29, 1.82) is 0 Å². The fraction of sp³-hybridized carbons (Fsp3) is 0.412. The van der Waals surface area contributed by atoms with Crippen LogP contribution in [0.1, 0.15) is 26.3 Å². The molecule has 2 heterocycles. The molecule has 3 rings (SSSR count). The highest BCUT2D eigenvalue weighted by Crippen LogP contribution is 2.55. The molecule has 0 fully saturated rings. The van der Waals surface area contributed by atoms with E-state index in [4.69, 9.17) is 0 Å². The van der Waals surface area contributed by atoms with Gasteiger partial charge in [-0.05, 0) is 11.6 Å². The average Bonchev–Trinajstić information content (AvgIpc) is 2.79. The molecule has 0 N–H and O–H groups in total. The van der Waals surface area contributed by atoms with Crippen LogP contribution in [0.15, 0.2) is 49.3 Å². The minimum atomic E-state index is -0.0367. The van der Waals surface area contributed by atoms with Gasteiger partial charge in [-0.25, -0.2) is 0 Å². The summed E-state index contributed by atoms with van der Waals surface area (Å²) in [7, 11) is 2.15. The number of hydrogen-bond acceptors (Lipinski definition) is 2. The van der Waals surface area contributed by atoms with Crippen LogP contribution in [0, 0.1) is 5.41 Å². The SMILES string of the molecule is C=CC1(C)c2ccccc2N2C=CN(C)[C@H]2C1(C)C. The predicted octanol–water partition coefficient (Wildman–Crippen LogP) is 3.72. The molecule has 100 valence electrons. The number of para-hydroxylation sites is 1. The zero-order valence-corrected chi connectivity index (χ0v) is 12.2. The van der Waals surface area contributed by atoms with E-state index in [9.17, 15) is 0 Å². The van der Waals surface area contributed by atoms with E-state index in [0.717, 1.165) is 0 Å². The molecular weight excluding hydrogens is 232 g/mol. The lowest BCUT2D eigenvalue weighted by Gasteiger charge is -2.56. The van der Waals surface area contributed by atoms with Gasteiger partial charge in [-0.15, -0.1) is 6.58 Å². The predicted molar refractivity (Wildman–Crippen MR) is 80.9 cm³/mol. The maximum absolute atomic E-state index is 4.13. The van der Waals surface area contributed by atoms with E-state index < -0.39 is 0 Å². The van der Waals surface area contributed by atoms with Crippen molar-refractivity contribution in [2.24, 2.45) is 5.41 Å². The second-order valence-corrected chi connectivity index (χ2v) is 6.39. The highest BCUT2D eigenvalue weighted by Gasteiger charge is 2.54. The molecule has 2 heteroatoms. The quantitative estimate of drug-likeness (QED) is 0.705. The van der Waals surface area contributed by atoms with Crippen LogP contribution >= 0.6 is 0 Å². The second-order valence-electron chi connectivity index (χ2n) is 6.39. The van der Waals surface area contributed by atoms with Gasteiger partial charge in [-0.2, -0.15) is 0 Å². The number of benzene rings is 1. The number of allylic oxidation sites excluding steroid dienone is 1. The Balaban J connectivity index is 2.30. The van der Waals surface area contributed by atoms with Gasteiger partial charge in [-0.1, -0.05) is 45.0 Å². The maximum Gasteiger partial charge on any atom is 0.111 e. The van der Waals surface area contributed by atoms with E-state index in [-0.39, 0.29) is 10.8 Å². The lowest BCUT2D eigenvalue weighted by molar-refractivity contribution is 0.0933.